The van der Waals surface area contributed by atoms with E-state index in [2.05, 4.69) is 45.5 Å². The smallest absolute Gasteiger partial charge is 0.258 e. The van der Waals surface area contributed by atoms with Gasteiger partial charge in [-0.15, -0.1) is 0 Å². The van der Waals surface area contributed by atoms with E-state index in [-0.39, 0.29) is 18.6 Å². The Labute approximate surface area is 149 Å². The van der Waals surface area contributed by atoms with Crippen LogP contribution in [-0.4, -0.2) is 12.5 Å². The molecule has 1 amide bonds. The quantitative estimate of drug-likeness (QED) is 0.683. The van der Waals surface area contributed by atoms with Gasteiger partial charge < -0.3 is 10.1 Å². The predicted molar refractivity (Wildman–Crippen MR) is 100 cm³/mol. The van der Waals surface area contributed by atoms with Crippen LogP contribution in [0.3, 0.4) is 0 Å². The van der Waals surface area contributed by atoms with Crippen LogP contribution in [0.5, 0.6) is 5.75 Å². The number of amides is 1. The lowest BCUT2D eigenvalue weighted by Crippen LogP contribution is -2.31. The summed E-state index contributed by atoms with van der Waals surface area (Å²) in [6.07, 6.45) is 0. The van der Waals surface area contributed by atoms with Gasteiger partial charge in [0.25, 0.3) is 5.91 Å². The molecule has 1 N–H and O–H groups in total. The molecule has 122 valence electrons. The van der Waals surface area contributed by atoms with E-state index in [1.54, 1.807) is 0 Å². The molecule has 4 heteroatoms. The summed E-state index contributed by atoms with van der Waals surface area (Å²) in [4.78, 5) is 12.1. The minimum atomic E-state index is -0.143. The number of hydrogen-bond donors (Lipinski definition) is 1. The summed E-state index contributed by atoms with van der Waals surface area (Å²) < 4.78 is 6.43. The van der Waals surface area contributed by atoms with Crippen molar-refractivity contribution in [3.8, 4) is 5.75 Å². The summed E-state index contributed by atoms with van der Waals surface area (Å²) in [5.74, 6) is 0.522. The molecule has 0 unspecified atom stereocenters. The fourth-order valence-corrected chi connectivity index (χ4v) is 2.93. The summed E-state index contributed by atoms with van der Waals surface area (Å²) in [5, 5.41) is 5.33. The number of hydrogen-bond acceptors (Lipinski definition) is 2. The van der Waals surface area contributed by atoms with Gasteiger partial charge in [0.2, 0.25) is 0 Å². The molecule has 0 aliphatic rings. The van der Waals surface area contributed by atoms with Gasteiger partial charge in [0.1, 0.15) is 5.75 Å². The van der Waals surface area contributed by atoms with Crippen molar-refractivity contribution < 1.29 is 9.53 Å². The summed E-state index contributed by atoms with van der Waals surface area (Å²) in [5.41, 5.74) is 1.07. The third-order valence-electron chi connectivity index (χ3n) is 3.82. The third kappa shape index (κ3) is 4.15. The monoisotopic (exact) mass is 383 g/mol. The first-order valence-corrected chi connectivity index (χ1v) is 8.57. The van der Waals surface area contributed by atoms with E-state index in [1.165, 1.54) is 10.8 Å². The van der Waals surface area contributed by atoms with E-state index in [1.807, 2.05) is 49.4 Å². The minimum absolute atomic E-state index is 0.00558. The van der Waals surface area contributed by atoms with Crippen LogP contribution in [0.4, 0.5) is 0 Å². The molecule has 0 saturated heterocycles. The second kappa shape index (κ2) is 7.49. The SMILES string of the molecule is C[C@@H](NC(=O)COc1cccc(Br)c1)c1ccc2ccccc2c1. The first-order valence-electron chi connectivity index (χ1n) is 7.78. The van der Waals surface area contributed by atoms with Crippen molar-refractivity contribution in [2.75, 3.05) is 6.61 Å². The second-order valence-electron chi connectivity index (χ2n) is 5.64. The fourth-order valence-electron chi connectivity index (χ4n) is 2.55. The Hall–Kier alpha value is -2.33. The highest BCUT2D eigenvalue weighted by Gasteiger charge is 2.10. The number of carbonyl (C=O) groups excluding carboxylic acids is 1. The zero-order valence-electron chi connectivity index (χ0n) is 13.3. The molecule has 1 atom stereocenters. The number of halogens is 1. The van der Waals surface area contributed by atoms with Crippen LogP contribution in [0.25, 0.3) is 10.8 Å². The summed E-state index contributed by atoms with van der Waals surface area (Å²) in [6.45, 7) is 1.97. The molecule has 3 aromatic rings. The molecule has 24 heavy (non-hydrogen) atoms. The number of fused-ring (bicyclic) bond motifs is 1. The highest BCUT2D eigenvalue weighted by Crippen LogP contribution is 2.20. The van der Waals surface area contributed by atoms with Crippen LogP contribution in [-0.2, 0) is 4.79 Å². The Kier molecular flexibility index (Phi) is 5.16. The van der Waals surface area contributed by atoms with Crippen LogP contribution in [0.2, 0.25) is 0 Å². The number of benzene rings is 3. The molecule has 3 nitrogen and oxygen atoms in total. The van der Waals surface area contributed by atoms with Gasteiger partial charge >= 0.3 is 0 Å². The average Bonchev–Trinajstić information content (AvgIpc) is 2.59. The van der Waals surface area contributed by atoms with Crippen molar-refractivity contribution in [3.63, 3.8) is 0 Å². The van der Waals surface area contributed by atoms with Crippen LogP contribution in [0, 0.1) is 0 Å². The Morgan fingerprint density at radius 2 is 1.83 bits per heavy atom. The van der Waals surface area contributed by atoms with Crippen LogP contribution < -0.4 is 10.1 Å². The lowest BCUT2D eigenvalue weighted by atomic mass is 10.0. The van der Waals surface area contributed by atoms with Crippen LogP contribution >= 0.6 is 15.9 Å². The standard InChI is InChI=1S/C20H18BrNO2/c1-14(16-10-9-15-5-2-3-6-17(15)11-16)22-20(23)13-24-19-8-4-7-18(21)12-19/h2-12,14H,13H2,1H3,(H,22,23)/t14-/m1/s1. The third-order valence-corrected chi connectivity index (χ3v) is 4.31. The Bertz CT molecular complexity index is 863. The minimum Gasteiger partial charge on any atom is -0.484 e. The molecule has 0 saturated carbocycles. The summed E-state index contributed by atoms with van der Waals surface area (Å²) >= 11 is 3.38. The van der Waals surface area contributed by atoms with Crippen molar-refractivity contribution in [1.29, 1.82) is 0 Å². The van der Waals surface area contributed by atoms with Gasteiger partial charge in [-0.25, -0.2) is 0 Å². The number of rotatable bonds is 5. The highest BCUT2D eigenvalue weighted by atomic mass is 79.9. The van der Waals surface area contributed by atoms with Gasteiger partial charge in [0.15, 0.2) is 6.61 Å². The molecule has 0 bridgehead atoms. The second-order valence-corrected chi connectivity index (χ2v) is 6.56. The van der Waals surface area contributed by atoms with Crippen molar-refractivity contribution >= 4 is 32.6 Å². The maximum atomic E-state index is 12.1. The van der Waals surface area contributed by atoms with E-state index < -0.39 is 0 Å². The molecule has 3 rings (SSSR count). The molecule has 0 heterocycles. The molecule has 0 aliphatic carbocycles. The first-order chi connectivity index (χ1) is 11.6. The number of nitrogens with one attached hydrogen (secondary N) is 1. The van der Waals surface area contributed by atoms with Crippen molar-refractivity contribution in [2.45, 2.75) is 13.0 Å². The largest absolute Gasteiger partial charge is 0.484 e. The average molecular weight is 384 g/mol. The molecule has 0 spiro atoms. The molecule has 0 fully saturated rings. The maximum Gasteiger partial charge on any atom is 0.258 e. The maximum absolute atomic E-state index is 12.1. The van der Waals surface area contributed by atoms with Crippen LogP contribution in [0.1, 0.15) is 18.5 Å². The molecular weight excluding hydrogens is 366 g/mol. The molecule has 3 aromatic carbocycles. The lowest BCUT2D eigenvalue weighted by Gasteiger charge is -2.15. The molecule has 0 radical (unpaired) electrons. The van der Waals surface area contributed by atoms with E-state index in [9.17, 15) is 4.79 Å². The van der Waals surface area contributed by atoms with Gasteiger partial charge in [-0.1, -0.05) is 58.4 Å². The van der Waals surface area contributed by atoms with Gasteiger partial charge in [0, 0.05) is 4.47 Å². The van der Waals surface area contributed by atoms with E-state index in [0.717, 1.165) is 10.0 Å². The van der Waals surface area contributed by atoms with Crippen molar-refractivity contribution in [1.82, 2.24) is 5.32 Å². The molecule has 0 aromatic heterocycles. The Balaban J connectivity index is 1.60. The van der Waals surface area contributed by atoms with E-state index in [0.29, 0.717) is 5.75 Å². The van der Waals surface area contributed by atoms with E-state index in [4.69, 9.17) is 4.74 Å². The first kappa shape index (κ1) is 16.5. The Morgan fingerprint density at radius 1 is 1.04 bits per heavy atom. The highest BCUT2D eigenvalue weighted by molar-refractivity contribution is 9.10. The van der Waals surface area contributed by atoms with E-state index >= 15 is 0 Å². The van der Waals surface area contributed by atoms with Gasteiger partial charge in [-0.05, 0) is 47.5 Å². The normalized spacial score (nSPS) is 11.9. The van der Waals surface area contributed by atoms with Crippen LogP contribution in [0.15, 0.2) is 71.2 Å². The Morgan fingerprint density at radius 3 is 2.62 bits per heavy atom. The molecule has 0 aliphatic heterocycles. The zero-order chi connectivity index (χ0) is 16.9. The zero-order valence-corrected chi connectivity index (χ0v) is 14.9. The lowest BCUT2D eigenvalue weighted by molar-refractivity contribution is -0.123. The fraction of sp³-hybridized carbons (Fsp3) is 0.150. The number of ether oxygens (including phenoxy) is 1. The topological polar surface area (TPSA) is 38.3 Å². The van der Waals surface area contributed by atoms with Gasteiger partial charge in [-0.2, -0.15) is 0 Å². The summed E-state index contributed by atoms with van der Waals surface area (Å²) in [7, 11) is 0. The summed E-state index contributed by atoms with van der Waals surface area (Å²) in [6, 6.07) is 21.8. The predicted octanol–water partition coefficient (Wildman–Crippen LogP) is 4.86. The molecular formula is C20H18BrNO2. The number of carbonyl (C=O) groups is 1. The van der Waals surface area contributed by atoms with Gasteiger partial charge in [-0.3, -0.25) is 4.79 Å². The van der Waals surface area contributed by atoms with Gasteiger partial charge in [0.05, 0.1) is 6.04 Å². The van der Waals surface area contributed by atoms with Crippen molar-refractivity contribution in [3.05, 3.63) is 76.8 Å². The van der Waals surface area contributed by atoms with Crippen molar-refractivity contribution in [2.24, 2.45) is 0 Å².